The van der Waals surface area contributed by atoms with E-state index in [-0.39, 0.29) is 6.04 Å². The molecule has 98 valence electrons. The van der Waals surface area contributed by atoms with Crippen LogP contribution in [0, 0.1) is 5.92 Å². The minimum absolute atomic E-state index is 0.134. The van der Waals surface area contributed by atoms with Crippen LogP contribution in [0.25, 0.3) is 0 Å². The Bertz CT molecular complexity index is 435. The second-order valence-electron chi connectivity index (χ2n) is 5.86. The molecule has 2 N–H and O–H groups in total. The molecule has 0 amide bonds. The van der Waals surface area contributed by atoms with Crippen molar-refractivity contribution < 1.29 is 4.74 Å². The first-order valence-electron chi connectivity index (χ1n) is 7.28. The monoisotopic (exact) mass is 245 g/mol. The first-order chi connectivity index (χ1) is 8.75. The molecule has 2 aliphatic carbocycles. The van der Waals surface area contributed by atoms with E-state index in [0.717, 1.165) is 24.7 Å². The maximum atomic E-state index is 6.08. The van der Waals surface area contributed by atoms with Gasteiger partial charge in [-0.05, 0) is 74.1 Å². The lowest BCUT2D eigenvalue weighted by atomic mass is 9.85. The van der Waals surface area contributed by atoms with E-state index in [1.54, 1.807) is 0 Å². The Morgan fingerprint density at radius 2 is 1.94 bits per heavy atom. The van der Waals surface area contributed by atoms with Crippen molar-refractivity contribution in [1.29, 1.82) is 0 Å². The van der Waals surface area contributed by atoms with Gasteiger partial charge < -0.3 is 10.5 Å². The van der Waals surface area contributed by atoms with Crippen molar-refractivity contribution in [3.05, 3.63) is 28.8 Å². The fourth-order valence-corrected chi connectivity index (χ4v) is 2.92. The first-order valence-corrected chi connectivity index (χ1v) is 7.28. The standard InChI is InChI=1S/C16H23NO/c1-11(17)13-8-9-16(18-10-12-6-7-12)15-5-3-2-4-14(13)15/h8-9,11-12H,2-7,10,17H2,1H3. The smallest absolute Gasteiger partial charge is 0.122 e. The molecule has 3 rings (SSSR count). The van der Waals surface area contributed by atoms with Gasteiger partial charge in [0.25, 0.3) is 0 Å². The quantitative estimate of drug-likeness (QED) is 0.882. The Balaban J connectivity index is 1.89. The van der Waals surface area contributed by atoms with E-state index in [9.17, 15) is 0 Å². The van der Waals surface area contributed by atoms with Crippen LogP contribution >= 0.6 is 0 Å². The summed E-state index contributed by atoms with van der Waals surface area (Å²) in [5.41, 5.74) is 10.3. The molecule has 18 heavy (non-hydrogen) atoms. The maximum absolute atomic E-state index is 6.08. The number of fused-ring (bicyclic) bond motifs is 1. The van der Waals surface area contributed by atoms with Gasteiger partial charge in [-0.3, -0.25) is 0 Å². The molecule has 1 atom stereocenters. The van der Waals surface area contributed by atoms with Crippen LogP contribution in [0.5, 0.6) is 5.75 Å². The summed E-state index contributed by atoms with van der Waals surface area (Å²) in [7, 11) is 0. The van der Waals surface area contributed by atoms with Crippen LogP contribution in [-0.4, -0.2) is 6.61 Å². The van der Waals surface area contributed by atoms with Crippen LogP contribution in [0.15, 0.2) is 12.1 Å². The summed E-state index contributed by atoms with van der Waals surface area (Å²) in [6.45, 7) is 2.99. The average Bonchev–Trinajstić information content (AvgIpc) is 3.19. The van der Waals surface area contributed by atoms with Crippen LogP contribution in [-0.2, 0) is 12.8 Å². The molecule has 0 heterocycles. The van der Waals surface area contributed by atoms with Gasteiger partial charge in [-0.25, -0.2) is 0 Å². The number of hydrogen-bond donors (Lipinski definition) is 1. The van der Waals surface area contributed by atoms with Crippen LogP contribution in [0.1, 0.15) is 55.3 Å². The normalized spacial score (nSPS) is 20.3. The molecule has 0 saturated heterocycles. The highest BCUT2D eigenvalue weighted by Crippen LogP contribution is 2.36. The molecule has 0 aromatic heterocycles. The van der Waals surface area contributed by atoms with Gasteiger partial charge >= 0.3 is 0 Å². The van der Waals surface area contributed by atoms with Crippen molar-refractivity contribution in [3.8, 4) is 5.75 Å². The Kier molecular flexibility index (Phi) is 3.29. The summed E-state index contributed by atoms with van der Waals surface area (Å²) >= 11 is 0. The van der Waals surface area contributed by atoms with Crippen molar-refractivity contribution in [2.24, 2.45) is 11.7 Å². The molecule has 0 spiro atoms. The lowest BCUT2D eigenvalue weighted by Gasteiger charge is -2.24. The van der Waals surface area contributed by atoms with E-state index >= 15 is 0 Å². The molecule has 1 fully saturated rings. The van der Waals surface area contributed by atoms with Crippen molar-refractivity contribution in [1.82, 2.24) is 0 Å². The van der Waals surface area contributed by atoms with E-state index in [2.05, 4.69) is 19.1 Å². The third-order valence-corrected chi connectivity index (χ3v) is 4.19. The zero-order valence-corrected chi connectivity index (χ0v) is 11.2. The summed E-state index contributed by atoms with van der Waals surface area (Å²) in [5, 5.41) is 0. The SMILES string of the molecule is CC(N)c1ccc(OCC2CC2)c2c1CCCC2. The summed E-state index contributed by atoms with van der Waals surface area (Å²) in [4.78, 5) is 0. The molecule has 1 saturated carbocycles. The van der Waals surface area contributed by atoms with Crippen LogP contribution in [0.4, 0.5) is 0 Å². The van der Waals surface area contributed by atoms with Gasteiger partial charge in [-0.15, -0.1) is 0 Å². The summed E-state index contributed by atoms with van der Waals surface area (Å²) < 4.78 is 6.02. The van der Waals surface area contributed by atoms with Gasteiger partial charge in [-0.2, -0.15) is 0 Å². The second-order valence-corrected chi connectivity index (χ2v) is 5.86. The Hall–Kier alpha value is -1.02. The van der Waals surface area contributed by atoms with E-state index in [0.29, 0.717) is 0 Å². The fraction of sp³-hybridized carbons (Fsp3) is 0.625. The molecule has 2 heteroatoms. The number of ether oxygens (including phenoxy) is 1. The van der Waals surface area contributed by atoms with Crippen LogP contribution in [0.2, 0.25) is 0 Å². The number of rotatable bonds is 4. The minimum Gasteiger partial charge on any atom is -0.493 e. The lowest BCUT2D eigenvalue weighted by molar-refractivity contribution is 0.295. The molecule has 1 unspecified atom stereocenters. The molecule has 1 aromatic carbocycles. The van der Waals surface area contributed by atoms with E-state index in [1.165, 1.54) is 48.8 Å². The van der Waals surface area contributed by atoms with Gasteiger partial charge in [0.2, 0.25) is 0 Å². The van der Waals surface area contributed by atoms with Gasteiger partial charge in [0.1, 0.15) is 5.75 Å². The zero-order valence-electron chi connectivity index (χ0n) is 11.2. The Labute approximate surface area is 110 Å². The Morgan fingerprint density at radius 1 is 1.22 bits per heavy atom. The van der Waals surface area contributed by atoms with Crippen molar-refractivity contribution in [3.63, 3.8) is 0 Å². The molecule has 2 nitrogen and oxygen atoms in total. The van der Waals surface area contributed by atoms with Gasteiger partial charge in [-0.1, -0.05) is 6.07 Å². The van der Waals surface area contributed by atoms with Crippen LogP contribution in [0.3, 0.4) is 0 Å². The molecule has 1 aromatic rings. The molecular formula is C16H23NO. The summed E-state index contributed by atoms with van der Waals surface area (Å²) in [6.07, 6.45) is 7.61. The minimum atomic E-state index is 0.134. The van der Waals surface area contributed by atoms with Crippen molar-refractivity contribution in [2.75, 3.05) is 6.61 Å². The van der Waals surface area contributed by atoms with E-state index in [1.807, 2.05) is 0 Å². The second kappa shape index (κ2) is 4.93. The highest BCUT2D eigenvalue weighted by Gasteiger charge is 2.24. The van der Waals surface area contributed by atoms with Gasteiger partial charge in [0.05, 0.1) is 6.61 Å². The van der Waals surface area contributed by atoms with Crippen molar-refractivity contribution >= 4 is 0 Å². The van der Waals surface area contributed by atoms with E-state index in [4.69, 9.17) is 10.5 Å². The predicted octanol–water partition coefficient (Wildman–Crippen LogP) is 3.37. The van der Waals surface area contributed by atoms with Crippen molar-refractivity contribution in [2.45, 2.75) is 51.5 Å². The maximum Gasteiger partial charge on any atom is 0.122 e. The molecule has 0 aliphatic heterocycles. The summed E-state index contributed by atoms with van der Waals surface area (Å²) in [6, 6.07) is 4.46. The third-order valence-electron chi connectivity index (χ3n) is 4.19. The van der Waals surface area contributed by atoms with Gasteiger partial charge in [0.15, 0.2) is 0 Å². The molecule has 2 aliphatic rings. The zero-order chi connectivity index (χ0) is 12.5. The number of nitrogens with two attached hydrogens (primary N) is 1. The Morgan fingerprint density at radius 3 is 2.61 bits per heavy atom. The first kappa shape index (κ1) is 12.0. The van der Waals surface area contributed by atoms with Crippen LogP contribution < -0.4 is 10.5 Å². The molecular weight excluding hydrogens is 222 g/mol. The highest BCUT2D eigenvalue weighted by molar-refractivity contribution is 5.47. The third kappa shape index (κ3) is 2.39. The predicted molar refractivity (Wildman–Crippen MR) is 73.9 cm³/mol. The topological polar surface area (TPSA) is 35.2 Å². The average molecular weight is 245 g/mol. The summed E-state index contributed by atoms with van der Waals surface area (Å²) in [5.74, 6) is 1.94. The number of hydrogen-bond acceptors (Lipinski definition) is 2. The number of benzene rings is 1. The highest BCUT2D eigenvalue weighted by atomic mass is 16.5. The molecule has 0 radical (unpaired) electrons. The van der Waals surface area contributed by atoms with E-state index < -0.39 is 0 Å². The van der Waals surface area contributed by atoms with Gasteiger partial charge in [0, 0.05) is 6.04 Å². The fourth-order valence-electron chi connectivity index (χ4n) is 2.92. The molecule has 0 bridgehead atoms. The largest absolute Gasteiger partial charge is 0.493 e. The lowest BCUT2D eigenvalue weighted by Crippen LogP contribution is -2.15.